The first-order valence-electron chi connectivity index (χ1n) is 8.56. The molecule has 5 nitrogen and oxygen atoms in total. The van der Waals surface area contributed by atoms with Gasteiger partial charge in [0, 0.05) is 13.1 Å². The van der Waals surface area contributed by atoms with Gasteiger partial charge in [0.05, 0.1) is 16.1 Å². The number of carbonyl (C=O) groups excluding carboxylic acids is 1. The Morgan fingerprint density at radius 2 is 1.77 bits per heavy atom. The molecule has 0 spiro atoms. The largest absolute Gasteiger partial charge is 0.339 e. The molecule has 26 heavy (non-hydrogen) atoms. The van der Waals surface area contributed by atoms with Crippen LogP contribution in [0.25, 0.3) is 0 Å². The van der Waals surface area contributed by atoms with Gasteiger partial charge in [-0.05, 0) is 62.1 Å². The number of para-hydroxylation sites is 1. The van der Waals surface area contributed by atoms with E-state index in [0.717, 1.165) is 25.3 Å². The van der Waals surface area contributed by atoms with Gasteiger partial charge >= 0.3 is 0 Å². The van der Waals surface area contributed by atoms with E-state index in [0.29, 0.717) is 18.7 Å². The summed E-state index contributed by atoms with van der Waals surface area (Å²) in [4.78, 5) is 14.5. The van der Waals surface area contributed by atoms with Crippen LogP contribution in [0.15, 0.2) is 47.4 Å². The van der Waals surface area contributed by atoms with E-state index in [4.69, 9.17) is 0 Å². The zero-order valence-electron chi connectivity index (χ0n) is 14.5. The van der Waals surface area contributed by atoms with E-state index in [1.54, 1.807) is 29.2 Å². The number of benzene rings is 2. The number of hydrogen-bond acceptors (Lipinski definition) is 3. The number of rotatable bonds is 4. The molecule has 7 heteroatoms. The maximum atomic E-state index is 13.4. The summed E-state index contributed by atoms with van der Waals surface area (Å²) in [5.41, 5.74) is 0.785. The van der Waals surface area contributed by atoms with Crippen LogP contribution in [0.1, 0.15) is 35.2 Å². The van der Waals surface area contributed by atoms with Crippen molar-refractivity contribution in [2.75, 3.05) is 17.8 Å². The predicted molar refractivity (Wildman–Crippen MR) is 98.1 cm³/mol. The Morgan fingerprint density at radius 3 is 2.46 bits per heavy atom. The van der Waals surface area contributed by atoms with Crippen molar-refractivity contribution < 1.29 is 17.6 Å². The molecule has 0 atom stereocenters. The summed E-state index contributed by atoms with van der Waals surface area (Å²) >= 11 is 0. The van der Waals surface area contributed by atoms with E-state index in [-0.39, 0.29) is 22.1 Å². The molecule has 0 bridgehead atoms. The van der Waals surface area contributed by atoms with E-state index in [9.17, 15) is 17.6 Å². The number of aryl methyl sites for hydroxylation is 1. The Hall–Kier alpha value is -2.41. The topological polar surface area (TPSA) is 66.5 Å². The van der Waals surface area contributed by atoms with Gasteiger partial charge in [0.2, 0.25) is 0 Å². The van der Waals surface area contributed by atoms with Crippen LogP contribution in [-0.4, -0.2) is 32.3 Å². The molecule has 3 rings (SSSR count). The van der Waals surface area contributed by atoms with Crippen molar-refractivity contribution in [3.8, 4) is 0 Å². The smallest absolute Gasteiger partial charge is 0.261 e. The highest BCUT2D eigenvalue weighted by Gasteiger charge is 2.23. The highest BCUT2D eigenvalue weighted by atomic mass is 32.2. The number of nitrogens with one attached hydrogen (secondary N) is 1. The number of likely N-dealkylation sites (tertiary alicyclic amines) is 1. The highest BCUT2D eigenvalue weighted by molar-refractivity contribution is 7.92. The number of halogens is 1. The van der Waals surface area contributed by atoms with Crippen LogP contribution in [0.3, 0.4) is 0 Å². The lowest BCUT2D eigenvalue weighted by Gasteiger charge is -2.27. The van der Waals surface area contributed by atoms with Crippen molar-refractivity contribution in [2.45, 2.75) is 31.1 Å². The van der Waals surface area contributed by atoms with Crippen LogP contribution < -0.4 is 4.72 Å². The molecular formula is C19H21FN2O3S. The lowest BCUT2D eigenvalue weighted by molar-refractivity contribution is 0.0725. The first kappa shape index (κ1) is 18.4. The van der Waals surface area contributed by atoms with Gasteiger partial charge in [-0.2, -0.15) is 0 Å². The number of hydrogen-bond donors (Lipinski definition) is 1. The fraction of sp³-hybridized carbons (Fsp3) is 0.316. The van der Waals surface area contributed by atoms with Crippen molar-refractivity contribution in [2.24, 2.45) is 0 Å². The number of carbonyl (C=O) groups is 1. The van der Waals surface area contributed by atoms with E-state index in [1.165, 1.54) is 19.1 Å². The van der Waals surface area contributed by atoms with Crippen LogP contribution in [-0.2, 0) is 10.0 Å². The second-order valence-corrected chi connectivity index (χ2v) is 8.10. The van der Waals surface area contributed by atoms with E-state index < -0.39 is 15.8 Å². The normalized spacial score (nSPS) is 14.9. The quantitative estimate of drug-likeness (QED) is 0.887. The molecule has 1 fully saturated rings. The third kappa shape index (κ3) is 3.88. The average molecular weight is 376 g/mol. The van der Waals surface area contributed by atoms with Gasteiger partial charge in [0.15, 0.2) is 0 Å². The fourth-order valence-corrected chi connectivity index (χ4v) is 4.18. The van der Waals surface area contributed by atoms with Crippen LogP contribution in [0.2, 0.25) is 0 Å². The number of piperidine rings is 1. The molecule has 1 heterocycles. The highest BCUT2D eigenvalue weighted by Crippen LogP contribution is 2.24. The Balaban J connectivity index is 1.90. The Labute approximate surface area is 152 Å². The average Bonchev–Trinajstić information content (AvgIpc) is 2.64. The Bertz CT molecular complexity index is 922. The molecule has 2 aromatic rings. The molecule has 1 aliphatic rings. The van der Waals surface area contributed by atoms with Crippen LogP contribution in [0.4, 0.5) is 10.1 Å². The van der Waals surface area contributed by atoms with Gasteiger partial charge in [-0.1, -0.05) is 12.1 Å². The summed E-state index contributed by atoms with van der Waals surface area (Å²) < 4.78 is 41.2. The third-order valence-electron chi connectivity index (χ3n) is 4.48. The fourth-order valence-electron chi connectivity index (χ4n) is 3.01. The zero-order chi connectivity index (χ0) is 18.7. The van der Waals surface area contributed by atoms with Crippen molar-refractivity contribution in [1.29, 1.82) is 0 Å². The van der Waals surface area contributed by atoms with Crippen LogP contribution >= 0.6 is 0 Å². The van der Waals surface area contributed by atoms with Gasteiger partial charge in [0.25, 0.3) is 15.9 Å². The number of sulfonamides is 1. The molecule has 0 aliphatic carbocycles. The van der Waals surface area contributed by atoms with Gasteiger partial charge in [0.1, 0.15) is 5.82 Å². The summed E-state index contributed by atoms with van der Waals surface area (Å²) in [5.74, 6) is -0.650. The van der Waals surface area contributed by atoms with Gasteiger partial charge in [-0.25, -0.2) is 12.8 Å². The molecule has 1 saturated heterocycles. The lowest BCUT2D eigenvalue weighted by Crippen LogP contribution is -2.36. The van der Waals surface area contributed by atoms with Crippen molar-refractivity contribution >= 4 is 21.6 Å². The summed E-state index contributed by atoms with van der Waals surface area (Å²) in [5, 5.41) is 0. The molecule has 0 saturated carbocycles. The maximum absolute atomic E-state index is 13.4. The molecule has 1 N–H and O–H groups in total. The number of anilines is 1. The molecule has 0 aromatic heterocycles. The first-order chi connectivity index (χ1) is 12.4. The van der Waals surface area contributed by atoms with Crippen LogP contribution in [0.5, 0.6) is 0 Å². The summed E-state index contributed by atoms with van der Waals surface area (Å²) in [6, 6.07) is 10.1. The summed E-state index contributed by atoms with van der Waals surface area (Å²) in [6.45, 7) is 2.86. The van der Waals surface area contributed by atoms with E-state index in [2.05, 4.69) is 4.72 Å². The summed E-state index contributed by atoms with van der Waals surface area (Å²) in [7, 11) is -3.93. The lowest BCUT2D eigenvalue weighted by atomic mass is 10.1. The first-order valence-corrected chi connectivity index (χ1v) is 10.0. The number of nitrogens with zero attached hydrogens (tertiary/aromatic N) is 1. The minimum atomic E-state index is -3.93. The third-order valence-corrected chi connectivity index (χ3v) is 5.85. The van der Waals surface area contributed by atoms with E-state index >= 15 is 0 Å². The van der Waals surface area contributed by atoms with E-state index in [1.807, 2.05) is 0 Å². The predicted octanol–water partition coefficient (Wildman–Crippen LogP) is 3.56. The number of amides is 1. The monoisotopic (exact) mass is 376 g/mol. The standard InChI is InChI=1S/C19H21FN2O3S/c1-14-13-15(9-10-17(14)20)26(24,25)21-18-8-4-3-7-16(18)19(23)22-11-5-2-6-12-22/h3-4,7-10,13,21H,2,5-6,11-12H2,1H3. The molecule has 0 unspecified atom stereocenters. The minimum absolute atomic E-state index is 0.0448. The molecule has 0 radical (unpaired) electrons. The Morgan fingerprint density at radius 1 is 1.08 bits per heavy atom. The van der Waals surface area contributed by atoms with Crippen molar-refractivity contribution in [3.63, 3.8) is 0 Å². The van der Waals surface area contributed by atoms with Crippen molar-refractivity contribution in [3.05, 3.63) is 59.4 Å². The SMILES string of the molecule is Cc1cc(S(=O)(=O)Nc2ccccc2C(=O)N2CCCCC2)ccc1F. The molecule has 138 valence electrons. The minimum Gasteiger partial charge on any atom is -0.339 e. The second kappa shape index (κ2) is 7.45. The Kier molecular flexibility index (Phi) is 5.27. The van der Waals surface area contributed by atoms with Gasteiger partial charge in [-0.15, -0.1) is 0 Å². The molecule has 1 amide bonds. The zero-order valence-corrected chi connectivity index (χ0v) is 15.4. The van der Waals surface area contributed by atoms with Crippen molar-refractivity contribution in [1.82, 2.24) is 4.90 Å². The summed E-state index contributed by atoms with van der Waals surface area (Å²) in [6.07, 6.45) is 3.00. The molecular weight excluding hydrogens is 355 g/mol. The molecule has 1 aliphatic heterocycles. The second-order valence-electron chi connectivity index (χ2n) is 6.41. The molecule has 2 aromatic carbocycles. The van der Waals surface area contributed by atoms with Crippen LogP contribution in [0, 0.1) is 12.7 Å². The van der Waals surface area contributed by atoms with Gasteiger partial charge < -0.3 is 4.90 Å². The maximum Gasteiger partial charge on any atom is 0.261 e. The van der Waals surface area contributed by atoms with Gasteiger partial charge in [-0.3, -0.25) is 9.52 Å².